The van der Waals surface area contributed by atoms with Crippen LogP contribution in [0.3, 0.4) is 0 Å². The molecule has 0 bridgehead atoms. The summed E-state index contributed by atoms with van der Waals surface area (Å²) in [6, 6.07) is 8.10. The van der Waals surface area contributed by atoms with Crippen LogP contribution in [-0.2, 0) is 20.9 Å². The van der Waals surface area contributed by atoms with Crippen LogP contribution in [0.2, 0.25) is 0 Å². The van der Waals surface area contributed by atoms with Gasteiger partial charge in [-0.25, -0.2) is 0 Å². The Morgan fingerprint density at radius 2 is 1.89 bits per heavy atom. The quantitative estimate of drug-likeness (QED) is 0.683. The maximum atomic E-state index is 12.9. The lowest BCUT2D eigenvalue weighted by Gasteiger charge is -2.38. The Balaban J connectivity index is 1.62. The second kappa shape index (κ2) is 8.52. The minimum absolute atomic E-state index is 0.0815. The molecule has 1 aromatic carbocycles. The molecule has 2 aliphatic rings. The highest BCUT2D eigenvalue weighted by Crippen LogP contribution is 2.32. The highest BCUT2D eigenvalue weighted by Gasteiger charge is 2.46. The first-order chi connectivity index (χ1) is 13.0. The van der Waals surface area contributed by atoms with E-state index in [9.17, 15) is 14.4 Å². The van der Waals surface area contributed by atoms with Crippen molar-refractivity contribution in [1.82, 2.24) is 15.5 Å². The largest absolute Gasteiger partial charge is 0.350 e. The van der Waals surface area contributed by atoms with Crippen molar-refractivity contribution in [2.45, 2.75) is 69.7 Å². The van der Waals surface area contributed by atoms with Crippen LogP contribution in [0.5, 0.6) is 0 Å². The van der Waals surface area contributed by atoms with Gasteiger partial charge in [-0.15, -0.1) is 0 Å². The maximum absolute atomic E-state index is 12.9. The van der Waals surface area contributed by atoms with E-state index in [-0.39, 0.29) is 23.8 Å². The number of rotatable bonds is 6. The van der Waals surface area contributed by atoms with Gasteiger partial charge in [0.25, 0.3) is 0 Å². The second-order valence-electron chi connectivity index (χ2n) is 7.35. The van der Waals surface area contributed by atoms with Crippen LogP contribution in [0.1, 0.15) is 44.6 Å². The lowest BCUT2D eigenvalue weighted by molar-refractivity contribution is -0.146. The van der Waals surface area contributed by atoms with Crippen LogP contribution >= 0.6 is 0 Å². The molecule has 3 amide bonds. The zero-order chi connectivity index (χ0) is 19.4. The summed E-state index contributed by atoms with van der Waals surface area (Å²) in [6.07, 6.45) is 3.39. The number of hydrogen-bond acceptors (Lipinski definition) is 4. The molecule has 0 aromatic heterocycles. The molecule has 2 aliphatic heterocycles. The number of carbonyl (C=O) groups is 3. The van der Waals surface area contributed by atoms with Gasteiger partial charge in [0.15, 0.2) is 0 Å². The molecule has 7 nitrogen and oxygen atoms in total. The van der Waals surface area contributed by atoms with E-state index in [0.29, 0.717) is 25.8 Å². The maximum Gasteiger partial charge on any atom is 0.246 e. The van der Waals surface area contributed by atoms with Gasteiger partial charge >= 0.3 is 0 Å². The zero-order valence-corrected chi connectivity index (χ0v) is 15.7. The summed E-state index contributed by atoms with van der Waals surface area (Å²) in [5, 5.41) is 5.70. The van der Waals surface area contributed by atoms with E-state index in [4.69, 9.17) is 5.73 Å². The molecule has 7 heteroatoms. The summed E-state index contributed by atoms with van der Waals surface area (Å²) in [5.41, 5.74) is 6.77. The zero-order valence-electron chi connectivity index (χ0n) is 15.7. The minimum Gasteiger partial charge on any atom is -0.350 e. The number of hydrogen-bond donors (Lipinski definition) is 3. The molecule has 0 saturated carbocycles. The van der Waals surface area contributed by atoms with Crippen molar-refractivity contribution in [2.24, 2.45) is 5.73 Å². The normalized spacial score (nSPS) is 25.6. The summed E-state index contributed by atoms with van der Waals surface area (Å²) in [5.74, 6) is -0.606. The Labute approximate surface area is 159 Å². The molecule has 4 atom stereocenters. The van der Waals surface area contributed by atoms with E-state index in [1.807, 2.05) is 37.3 Å². The monoisotopic (exact) mass is 372 g/mol. The third-order valence-corrected chi connectivity index (χ3v) is 5.55. The average Bonchev–Trinajstić information content (AvgIpc) is 3.13. The Morgan fingerprint density at radius 1 is 1.19 bits per heavy atom. The van der Waals surface area contributed by atoms with Gasteiger partial charge in [-0.1, -0.05) is 37.3 Å². The molecule has 27 heavy (non-hydrogen) atoms. The van der Waals surface area contributed by atoms with Crippen LogP contribution in [0, 0.1) is 0 Å². The molecule has 2 fully saturated rings. The summed E-state index contributed by atoms with van der Waals surface area (Å²) < 4.78 is 0. The van der Waals surface area contributed by atoms with Gasteiger partial charge in [-0.05, 0) is 37.7 Å². The summed E-state index contributed by atoms with van der Waals surface area (Å²) >= 11 is 0. The van der Waals surface area contributed by atoms with E-state index in [2.05, 4.69) is 10.6 Å². The third kappa shape index (κ3) is 4.30. The van der Waals surface area contributed by atoms with E-state index < -0.39 is 18.1 Å². The summed E-state index contributed by atoms with van der Waals surface area (Å²) in [6.45, 7) is 2.27. The lowest BCUT2D eigenvalue weighted by Crippen LogP contribution is -2.60. The Kier molecular flexibility index (Phi) is 6.11. The van der Waals surface area contributed by atoms with Crippen LogP contribution < -0.4 is 16.4 Å². The van der Waals surface area contributed by atoms with Crippen molar-refractivity contribution in [3.63, 3.8) is 0 Å². The number of nitrogens with one attached hydrogen (secondary N) is 2. The fourth-order valence-electron chi connectivity index (χ4n) is 3.92. The van der Waals surface area contributed by atoms with Gasteiger partial charge in [-0.3, -0.25) is 14.4 Å². The predicted octanol–water partition coefficient (Wildman–Crippen LogP) is 0.678. The standard InChI is InChI=1S/C20H28N4O3/c1-2-15(21)18(25)23-16-10-8-14-9-11-17(24(14)20(16)27)19(26)22-12-13-6-4-3-5-7-13/h3-7,14-17H,2,8-12,21H2,1H3,(H,22,26)(H,23,25)/t14-,15-,16?,17-/m0/s1. The third-order valence-electron chi connectivity index (χ3n) is 5.55. The van der Waals surface area contributed by atoms with Gasteiger partial charge in [0.05, 0.1) is 6.04 Å². The number of piperidine rings is 1. The van der Waals surface area contributed by atoms with E-state index in [1.165, 1.54) is 0 Å². The highest BCUT2D eigenvalue weighted by atomic mass is 16.2. The number of benzene rings is 1. The summed E-state index contributed by atoms with van der Waals surface area (Å²) in [7, 11) is 0. The first-order valence-corrected chi connectivity index (χ1v) is 9.71. The van der Waals surface area contributed by atoms with Crippen LogP contribution in [0.15, 0.2) is 30.3 Å². The van der Waals surface area contributed by atoms with Crippen LogP contribution in [0.4, 0.5) is 0 Å². The van der Waals surface area contributed by atoms with Crippen molar-refractivity contribution >= 4 is 17.7 Å². The van der Waals surface area contributed by atoms with Gasteiger partial charge in [0.2, 0.25) is 17.7 Å². The van der Waals surface area contributed by atoms with Crippen LogP contribution in [0.25, 0.3) is 0 Å². The van der Waals surface area contributed by atoms with E-state index in [0.717, 1.165) is 18.4 Å². The molecule has 2 saturated heterocycles. The fraction of sp³-hybridized carbons (Fsp3) is 0.550. The van der Waals surface area contributed by atoms with Crippen molar-refractivity contribution < 1.29 is 14.4 Å². The molecule has 0 spiro atoms. The molecule has 3 rings (SSSR count). The fourth-order valence-corrected chi connectivity index (χ4v) is 3.92. The molecule has 4 N–H and O–H groups in total. The number of nitrogens with zero attached hydrogens (tertiary/aromatic N) is 1. The van der Waals surface area contributed by atoms with Gasteiger partial charge in [-0.2, -0.15) is 0 Å². The molecule has 0 radical (unpaired) electrons. The predicted molar refractivity (Wildman–Crippen MR) is 101 cm³/mol. The minimum atomic E-state index is -0.612. The second-order valence-corrected chi connectivity index (χ2v) is 7.35. The van der Waals surface area contributed by atoms with Gasteiger partial charge in [0.1, 0.15) is 12.1 Å². The highest BCUT2D eigenvalue weighted by molar-refractivity contribution is 5.94. The van der Waals surface area contributed by atoms with E-state index in [1.54, 1.807) is 4.90 Å². The smallest absolute Gasteiger partial charge is 0.246 e. The van der Waals surface area contributed by atoms with Gasteiger partial charge in [0, 0.05) is 12.6 Å². The van der Waals surface area contributed by atoms with Crippen molar-refractivity contribution in [1.29, 1.82) is 0 Å². The first kappa shape index (κ1) is 19.4. The topological polar surface area (TPSA) is 105 Å². The first-order valence-electron chi connectivity index (χ1n) is 9.71. The molecule has 146 valence electrons. The van der Waals surface area contributed by atoms with Crippen molar-refractivity contribution in [3.05, 3.63) is 35.9 Å². The lowest BCUT2D eigenvalue weighted by atomic mass is 9.97. The molecular weight excluding hydrogens is 344 g/mol. The van der Waals surface area contributed by atoms with Crippen LogP contribution in [-0.4, -0.2) is 46.8 Å². The Hall–Kier alpha value is -2.41. The Bertz CT molecular complexity index is 694. The van der Waals surface area contributed by atoms with E-state index >= 15 is 0 Å². The summed E-state index contributed by atoms with van der Waals surface area (Å²) in [4.78, 5) is 39.4. The number of carbonyl (C=O) groups excluding carboxylic acids is 3. The number of amides is 3. The average molecular weight is 372 g/mol. The molecule has 0 aliphatic carbocycles. The van der Waals surface area contributed by atoms with Gasteiger partial charge < -0.3 is 21.3 Å². The molecular formula is C20H28N4O3. The Morgan fingerprint density at radius 3 is 2.59 bits per heavy atom. The molecule has 1 aromatic rings. The molecule has 2 heterocycles. The number of nitrogens with two attached hydrogens (primary N) is 1. The number of fused-ring (bicyclic) bond motifs is 1. The van der Waals surface area contributed by atoms with Crippen molar-refractivity contribution in [2.75, 3.05) is 0 Å². The van der Waals surface area contributed by atoms with Crippen molar-refractivity contribution in [3.8, 4) is 0 Å². The molecule has 1 unspecified atom stereocenters. The SMILES string of the molecule is CC[C@H](N)C(=O)NC1CC[C@H]2CC[C@@H](C(=O)NCc3ccccc3)N2C1=O.